The largest absolute Gasteiger partial charge is 0.396 e. The van der Waals surface area contributed by atoms with Gasteiger partial charge in [0.05, 0.1) is 66.0 Å². The molecule has 6 aliphatic rings. The molecular formula is C116H136N24O7S. The van der Waals surface area contributed by atoms with Crippen LogP contribution in [0.15, 0.2) is 256 Å². The molecule has 10 N–H and O–H groups in total. The molecule has 768 valence electrons. The summed E-state index contributed by atoms with van der Waals surface area (Å²) in [7, 11) is -2.81. The first-order valence-corrected chi connectivity index (χ1v) is 54.1. The van der Waals surface area contributed by atoms with Crippen LogP contribution in [-0.2, 0) is 14.6 Å². The van der Waals surface area contributed by atoms with E-state index in [0.717, 1.165) is 284 Å². The van der Waals surface area contributed by atoms with Crippen molar-refractivity contribution in [2.24, 2.45) is 11.8 Å². The van der Waals surface area contributed by atoms with Gasteiger partial charge in [0.1, 0.15) is 44.7 Å². The zero-order valence-electron chi connectivity index (χ0n) is 85.7. The summed E-state index contributed by atoms with van der Waals surface area (Å²) >= 11 is 0. The summed E-state index contributed by atoms with van der Waals surface area (Å²) in [6.07, 6.45) is 41.4. The zero-order chi connectivity index (χ0) is 102. The highest BCUT2D eigenvalue weighted by atomic mass is 32.2. The lowest BCUT2D eigenvalue weighted by atomic mass is 9.84. The Morgan fingerprint density at radius 3 is 0.824 bits per heavy atom. The number of hydrogen-bond donors (Lipinski definition) is 10. The van der Waals surface area contributed by atoms with Crippen LogP contribution in [0.25, 0.3) is 101 Å². The molecule has 0 atom stereocenters. The second-order valence-electron chi connectivity index (χ2n) is 41.6. The van der Waals surface area contributed by atoms with Gasteiger partial charge in [0.15, 0.2) is 33.9 Å². The predicted molar refractivity (Wildman–Crippen MR) is 588 cm³/mol. The third-order valence-electron chi connectivity index (χ3n) is 29.3. The number of aliphatic hydroxyl groups is 4. The van der Waals surface area contributed by atoms with Crippen molar-refractivity contribution in [2.45, 2.75) is 231 Å². The molecule has 12 aromatic heterocycles. The van der Waals surface area contributed by atoms with Crippen LogP contribution >= 0.6 is 0 Å². The fourth-order valence-electron chi connectivity index (χ4n) is 20.6. The van der Waals surface area contributed by atoms with Crippen LogP contribution in [0, 0.1) is 53.4 Å². The van der Waals surface area contributed by atoms with Crippen molar-refractivity contribution in [1.29, 1.82) is 0 Å². The quantitative estimate of drug-likeness (QED) is 0.0339. The number of ether oxygens (including phenoxy) is 1. The van der Waals surface area contributed by atoms with Crippen molar-refractivity contribution in [3.63, 3.8) is 0 Å². The number of aromatic nitrogens is 18. The third-order valence-corrected chi connectivity index (χ3v) is 31.1. The monoisotopic (exact) mass is 2010 g/mol. The molecule has 18 aromatic rings. The van der Waals surface area contributed by atoms with E-state index >= 15 is 0 Å². The van der Waals surface area contributed by atoms with Crippen molar-refractivity contribution in [3.8, 4) is 66.8 Å². The molecule has 6 fully saturated rings. The Morgan fingerprint density at radius 1 is 0.318 bits per heavy atom. The standard InChI is InChI=1S/3C20H24N4O.C19H22N4O2S.C19H22N4O.C18H20N4O/c2*1-14-4-3-5-15(12-14)17-13-21-24-11-8-18(23-19(17)24)22-16-6-9-20(2,25)10-7-16;1-14-3-2-4-16(11-14)18-12-21-24-10-9-19(23-20(18)24)22-17-7-5-15(13-25)6-8-17;1-14-3-2-4-16(11-14)17-13-21-23-8-5-18(22-19(17)23)20-12-15-6-9-26(24,25)10-7-15;1-13-3-2-4-14(11-13)17-12-20-23-10-9-18(22-19(17)23)21-15-5-7-16(24)8-6-15;1-13-3-2-4-14(11-13)16-12-19-22-8-5-17(21-18(16)22)20-15-6-9-23-10-7-15/h2*3-5,8,11-13,16,25H,6-7,9-10H2,1-2H3,(H,22,23);2-4,9-12,15,17,25H,5-8,13H2,1H3,(H,22,23);2-5,8,11,13,15H,6-7,9-10,12H2,1H3,(H,20,22);2-4,9-12,15-16,24H,5-8H2,1H3,(H,21,22);2-5,8,11-12,15H,6-7,9-10H2,1H3,(H,20,21). The maximum Gasteiger partial charge on any atom is 0.165 e. The molecule has 31 nitrogen and oxygen atoms in total. The Hall–Kier alpha value is -14.4. The first kappa shape index (κ1) is 102. The van der Waals surface area contributed by atoms with Crippen molar-refractivity contribution < 1.29 is 33.6 Å². The van der Waals surface area contributed by atoms with Crippen LogP contribution in [0.4, 0.5) is 34.9 Å². The van der Waals surface area contributed by atoms with Crippen LogP contribution in [0.2, 0.25) is 0 Å². The highest BCUT2D eigenvalue weighted by Crippen LogP contribution is 2.38. The summed E-state index contributed by atoms with van der Waals surface area (Å²) in [5.41, 5.74) is 24.5. The van der Waals surface area contributed by atoms with Gasteiger partial charge in [0.25, 0.3) is 0 Å². The first-order valence-electron chi connectivity index (χ1n) is 52.3. The molecule has 0 unspecified atom stereocenters. The molecule has 148 heavy (non-hydrogen) atoms. The summed E-state index contributed by atoms with van der Waals surface area (Å²) in [5.74, 6) is 6.64. The van der Waals surface area contributed by atoms with E-state index < -0.39 is 21.0 Å². The molecule has 0 amide bonds. The summed E-state index contributed by atoms with van der Waals surface area (Å²) < 4.78 is 39.4. The van der Waals surface area contributed by atoms with Gasteiger partial charge in [0.2, 0.25) is 0 Å². The fraction of sp³-hybridized carbons (Fsp3) is 0.379. The number of sulfone groups is 1. The Labute approximate surface area is 863 Å². The lowest BCUT2D eigenvalue weighted by Gasteiger charge is -2.33. The minimum atomic E-state index is -2.81. The first-order chi connectivity index (χ1) is 71.7. The molecule has 2 saturated heterocycles. The molecule has 14 heterocycles. The van der Waals surface area contributed by atoms with Crippen LogP contribution in [0.1, 0.15) is 176 Å². The Bertz CT molecular complexity index is 7510. The summed E-state index contributed by atoms with van der Waals surface area (Å²) in [6, 6.07) is 64.1. The number of hydrogen-bond acceptors (Lipinski definition) is 25. The molecule has 0 radical (unpaired) electrons. The van der Waals surface area contributed by atoms with Gasteiger partial charge in [-0.1, -0.05) is 179 Å². The Kier molecular flexibility index (Phi) is 32.0. The molecular weight excluding hydrogens is 1870 g/mol. The van der Waals surface area contributed by atoms with Gasteiger partial charge in [-0.25, -0.2) is 65.4 Å². The zero-order valence-corrected chi connectivity index (χ0v) is 86.5. The highest BCUT2D eigenvalue weighted by Gasteiger charge is 2.32. The second-order valence-corrected chi connectivity index (χ2v) is 43.9. The summed E-state index contributed by atoms with van der Waals surface area (Å²) in [6.45, 7) is 19.1. The van der Waals surface area contributed by atoms with Gasteiger partial charge in [-0.2, -0.15) is 30.6 Å². The maximum absolute atomic E-state index is 11.5. The number of aliphatic hydroxyl groups excluding tert-OH is 2. The fourth-order valence-corrected chi connectivity index (χ4v) is 22.2. The normalized spacial score (nSPS) is 20.5. The Morgan fingerprint density at radius 2 is 0.561 bits per heavy atom. The number of nitrogens with zero attached hydrogens (tertiary/aromatic N) is 18. The summed E-state index contributed by atoms with van der Waals surface area (Å²) in [5, 5.41) is 86.6. The average Bonchev–Trinajstić information content (AvgIpc) is 1.66. The number of anilines is 6. The van der Waals surface area contributed by atoms with Gasteiger partial charge in [-0.05, 0) is 265 Å². The van der Waals surface area contributed by atoms with Gasteiger partial charge in [-0.3, -0.25) is 0 Å². The number of fused-ring (bicyclic) bond motifs is 6. The number of rotatable bonds is 20. The van der Waals surface area contributed by atoms with Gasteiger partial charge in [0, 0.05) is 127 Å². The lowest BCUT2D eigenvalue weighted by molar-refractivity contribution is 0.0192. The smallest absolute Gasteiger partial charge is 0.165 e. The van der Waals surface area contributed by atoms with E-state index in [1.165, 1.54) is 33.4 Å². The highest BCUT2D eigenvalue weighted by molar-refractivity contribution is 7.91. The predicted octanol–water partition coefficient (Wildman–Crippen LogP) is 20.9. The third kappa shape index (κ3) is 26.2. The number of nitrogens with one attached hydrogen (secondary N) is 6. The Balaban J connectivity index is 0.000000112. The van der Waals surface area contributed by atoms with Gasteiger partial charge in [-0.15, -0.1) is 0 Å². The molecule has 24 rings (SSSR count). The topological polar surface area (TPSA) is 378 Å². The van der Waals surface area contributed by atoms with Crippen molar-refractivity contribution in [1.82, 2.24) is 87.6 Å². The molecule has 4 aliphatic carbocycles. The van der Waals surface area contributed by atoms with Gasteiger partial charge >= 0.3 is 0 Å². The van der Waals surface area contributed by atoms with E-state index in [1.54, 1.807) is 4.52 Å². The molecule has 0 spiro atoms. The van der Waals surface area contributed by atoms with Crippen LogP contribution in [0.3, 0.4) is 0 Å². The number of benzene rings is 6. The molecule has 32 heteroatoms. The van der Waals surface area contributed by atoms with Crippen LogP contribution < -0.4 is 31.9 Å². The van der Waals surface area contributed by atoms with E-state index in [9.17, 15) is 28.8 Å². The molecule has 2 aliphatic heterocycles. The van der Waals surface area contributed by atoms with E-state index in [0.29, 0.717) is 60.2 Å². The summed E-state index contributed by atoms with van der Waals surface area (Å²) in [4.78, 5) is 28.7. The van der Waals surface area contributed by atoms with E-state index in [2.05, 4.69) is 244 Å². The van der Waals surface area contributed by atoms with E-state index in [4.69, 9.17) is 34.6 Å². The molecule has 6 aromatic carbocycles. The lowest BCUT2D eigenvalue weighted by Crippen LogP contribution is -2.35. The van der Waals surface area contributed by atoms with E-state index in [-0.39, 0.29) is 6.10 Å². The number of aryl methyl sites for hydroxylation is 6. The van der Waals surface area contributed by atoms with Gasteiger partial charge < -0.3 is 57.1 Å². The molecule has 4 saturated carbocycles. The van der Waals surface area contributed by atoms with Crippen molar-refractivity contribution in [2.75, 3.05) is 69.8 Å². The van der Waals surface area contributed by atoms with Crippen molar-refractivity contribution in [3.05, 3.63) is 290 Å². The maximum atomic E-state index is 11.5. The van der Waals surface area contributed by atoms with E-state index in [1.807, 2.05) is 153 Å². The van der Waals surface area contributed by atoms with Crippen molar-refractivity contribution >= 4 is 78.6 Å². The average molecular weight is 2010 g/mol. The minimum absolute atomic E-state index is 0.138. The van der Waals surface area contributed by atoms with Crippen LogP contribution in [-0.4, -0.2) is 202 Å². The molecule has 0 bridgehead atoms. The SMILES string of the molecule is Cc1cccc(-c2cnn3ccc(NC4CCC(C)(O)CC4)nc23)c1.Cc1cccc(-c2cnn3ccc(NC4CCC(C)(O)CC4)nc23)c1.Cc1cccc(-c2cnn3ccc(NC4CCC(CO)CC4)nc23)c1.Cc1cccc(-c2cnn3ccc(NC4CCC(O)CC4)nc23)c1.Cc1cccc(-c2cnn3ccc(NC4CCOCC4)nc23)c1.Cc1cccc(-c2cnn3ccc(NCC4CCS(=O)(=O)CC4)nc23)c1. The second kappa shape index (κ2) is 46.3. The minimum Gasteiger partial charge on any atom is -0.396 e. The van der Waals surface area contributed by atoms with Crippen LogP contribution in [0.5, 0.6) is 0 Å².